The maximum Gasteiger partial charge on any atom is 0.355 e. The lowest BCUT2D eigenvalue weighted by atomic mass is 10.1. The van der Waals surface area contributed by atoms with Gasteiger partial charge in [0.2, 0.25) is 0 Å². The lowest BCUT2D eigenvalue weighted by molar-refractivity contribution is -0.198. The second-order valence-electron chi connectivity index (χ2n) is 6.30. The van der Waals surface area contributed by atoms with Gasteiger partial charge in [-0.1, -0.05) is 38.0 Å². The number of hydrogen-bond donors (Lipinski definition) is 2. The van der Waals surface area contributed by atoms with Crippen LogP contribution in [0.25, 0.3) is 0 Å². The number of nitrogens with one attached hydrogen (secondary N) is 1. The molecule has 1 aromatic carbocycles. The van der Waals surface area contributed by atoms with Crippen molar-refractivity contribution >= 4 is 33.6 Å². The standard InChI is InChI=1S/C17H22N2O7S/c1-3-4-8-13(18-12-9-6-5-7-11(12)2)17(22)26-19-15(20)10-14(16(19)21)27(23,24)25/h5-7,9,13-14,18H,3-4,8,10H2,1-2H3,(H,23,24,25). The van der Waals surface area contributed by atoms with Crippen LogP contribution < -0.4 is 5.32 Å². The van der Waals surface area contributed by atoms with E-state index >= 15 is 0 Å². The second-order valence-corrected chi connectivity index (χ2v) is 7.90. The lowest BCUT2D eigenvalue weighted by Crippen LogP contribution is -2.41. The van der Waals surface area contributed by atoms with E-state index in [1.807, 2.05) is 26.0 Å². The number of hydroxylamine groups is 2. The van der Waals surface area contributed by atoms with Gasteiger partial charge >= 0.3 is 5.97 Å². The Morgan fingerprint density at radius 1 is 1.37 bits per heavy atom. The van der Waals surface area contributed by atoms with E-state index in [9.17, 15) is 22.8 Å². The van der Waals surface area contributed by atoms with Crippen molar-refractivity contribution in [1.82, 2.24) is 5.06 Å². The minimum Gasteiger partial charge on any atom is -0.372 e. The molecule has 10 heteroatoms. The number of hydrogen-bond acceptors (Lipinski definition) is 7. The van der Waals surface area contributed by atoms with Crippen molar-refractivity contribution in [3.63, 3.8) is 0 Å². The lowest BCUT2D eigenvalue weighted by Gasteiger charge is -2.21. The van der Waals surface area contributed by atoms with Gasteiger partial charge in [-0.25, -0.2) is 4.79 Å². The maximum atomic E-state index is 12.5. The molecule has 1 heterocycles. The highest BCUT2D eigenvalue weighted by Crippen LogP contribution is 2.22. The molecule has 1 fully saturated rings. The molecule has 1 aliphatic heterocycles. The van der Waals surface area contributed by atoms with Gasteiger partial charge in [-0.15, -0.1) is 5.06 Å². The molecule has 148 valence electrons. The molecule has 1 aromatic rings. The summed E-state index contributed by atoms with van der Waals surface area (Å²) in [6.07, 6.45) is 1.12. The van der Waals surface area contributed by atoms with Crippen LogP contribution in [0.5, 0.6) is 0 Å². The summed E-state index contributed by atoms with van der Waals surface area (Å²) in [6, 6.07) is 6.44. The van der Waals surface area contributed by atoms with E-state index < -0.39 is 45.6 Å². The predicted molar refractivity (Wildman–Crippen MR) is 96.0 cm³/mol. The second kappa shape index (κ2) is 8.49. The molecule has 0 aromatic heterocycles. The molecule has 1 aliphatic rings. The van der Waals surface area contributed by atoms with Crippen LogP contribution in [0.1, 0.15) is 38.2 Å². The summed E-state index contributed by atoms with van der Waals surface area (Å²) in [5.41, 5.74) is 1.59. The molecule has 2 unspecified atom stereocenters. The van der Waals surface area contributed by atoms with Gasteiger partial charge in [0.05, 0.1) is 6.42 Å². The monoisotopic (exact) mass is 398 g/mol. The van der Waals surface area contributed by atoms with Crippen molar-refractivity contribution < 1.29 is 32.2 Å². The van der Waals surface area contributed by atoms with Gasteiger partial charge in [-0.05, 0) is 25.0 Å². The average Bonchev–Trinajstić information content (AvgIpc) is 2.88. The van der Waals surface area contributed by atoms with Gasteiger partial charge in [-0.3, -0.25) is 14.1 Å². The van der Waals surface area contributed by atoms with Crippen LogP contribution in [0.3, 0.4) is 0 Å². The van der Waals surface area contributed by atoms with Crippen LogP contribution in [0, 0.1) is 6.92 Å². The normalized spacial score (nSPS) is 18.5. The number of para-hydroxylation sites is 1. The van der Waals surface area contributed by atoms with Crippen molar-refractivity contribution in [3.8, 4) is 0 Å². The summed E-state index contributed by atoms with van der Waals surface area (Å²) in [5.74, 6) is -3.16. The maximum absolute atomic E-state index is 12.5. The first-order chi connectivity index (χ1) is 12.6. The summed E-state index contributed by atoms with van der Waals surface area (Å²) in [6.45, 7) is 3.80. The summed E-state index contributed by atoms with van der Waals surface area (Å²) >= 11 is 0. The molecule has 0 aliphatic carbocycles. The van der Waals surface area contributed by atoms with Gasteiger partial charge in [0, 0.05) is 5.69 Å². The van der Waals surface area contributed by atoms with E-state index in [0.29, 0.717) is 18.5 Å². The van der Waals surface area contributed by atoms with Crippen LogP contribution in [-0.4, -0.2) is 47.1 Å². The molecule has 9 nitrogen and oxygen atoms in total. The third-order valence-electron chi connectivity index (χ3n) is 4.21. The fourth-order valence-corrected chi connectivity index (χ4v) is 3.35. The van der Waals surface area contributed by atoms with Gasteiger partial charge in [-0.2, -0.15) is 8.42 Å². The molecule has 0 radical (unpaired) electrons. The number of carbonyl (C=O) groups excluding carboxylic acids is 3. The van der Waals surface area contributed by atoms with Crippen LogP contribution in [-0.2, 0) is 29.3 Å². The molecular formula is C17H22N2O7S. The van der Waals surface area contributed by atoms with Crippen LogP contribution in [0.2, 0.25) is 0 Å². The predicted octanol–water partition coefficient (Wildman–Crippen LogP) is 1.44. The van der Waals surface area contributed by atoms with Crippen molar-refractivity contribution in [2.75, 3.05) is 5.32 Å². The number of rotatable bonds is 8. The Morgan fingerprint density at radius 2 is 2.04 bits per heavy atom. The highest BCUT2D eigenvalue weighted by atomic mass is 32.2. The van der Waals surface area contributed by atoms with E-state index in [4.69, 9.17) is 9.39 Å². The first kappa shape index (κ1) is 20.8. The Hall–Kier alpha value is -2.46. The minimum atomic E-state index is -4.76. The SMILES string of the molecule is CCCCC(Nc1ccccc1C)C(=O)ON1C(=O)CC(S(=O)(=O)O)C1=O. The number of nitrogens with zero attached hydrogens (tertiary/aromatic N) is 1. The molecule has 2 amide bonds. The van der Waals surface area contributed by atoms with Crippen molar-refractivity contribution in [1.29, 1.82) is 0 Å². The third-order valence-corrected chi connectivity index (χ3v) is 5.30. The Kier molecular flexibility index (Phi) is 6.55. The Morgan fingerprint density at radius 3 is 2.59 bits per heavy atom. The summed E-state index contributed by atoms with van der Waals surface area (Å²) in [7, 11) is -4.76. The highest BCUT2D eigenvalue weighted by Gasteiger charge is 2.48. The summed E-state index contributed by atoms with van der Waals surface area (Å²) < 4.78 is 31.4. The third kappa shape index (κ3) is 5.04. The molecule has 27 heavy (non-hydrogen) atoms. The molecule has 2 rings (SSSR count). The number of benzene rings is 1. The average molecular weight is 398 g/mol. The zero-order chi connectivity index (χ0) is 20.2. The van der Waals surface area contributed by atoms with Gasteiger partial charge in [0.1, 0.15) is 6.04 Å². The number of carbonyl (C=O) groups is 3. The largest absolute Gasteiger partial charge is 0.372 e. The topological polar surface area (TPSA) is 130 Å². The molecule has 0 saturated carbocycles. The van der Waals surface area contributed by atoms with Crippen LogP contribution in [0.15, 0.2) is 24.3 Å². The number of imide groups is 1. The van der Waals surface area contributed by atoms with Gasteiger partial charge < -0.3 is 10.2 Å². The van der Waals surface area contributed by atoms with E-state index in [0.717, 1.165) is 12.0 Å². The van der Waals surface area contributed by atoms with Gasteiger partial charge in [0.15, 0.2) is 5.25 Å². The first-order valence-corrected chi connectivity index (χ1v) is 10.0. The van der Waals surface area contributed by atoms with Crippen LogP contribution in [0.4, 0.5) is 5.69 Å². The molecule has 2 atom stereocenters. The van der Waals surface area contributed by atoms with Gasteiger partial charge in [0.25, 0.3) is 21.9 Å². The van der Waals surface area contributed by atoms with Crippen LogP contribution >= 0.6 is 0 Å². The zero-order valence-corrected chi connectivity index (χ0v) is 15.9. The summed E-state index contributed by atoms with van der Waals surface area (Å²) in [5, 5.41) is 1.21. The fraction of sp³-hybridized carbons (Fsp3) is 0.471. The Balaban J connectivity index is 2.15. The van der Waals surface area contributed by atoms with E-state index in [1.54, 1.807) is 12.1 Å². The zero-order valence-electron chi connectivity index (χ0n) is 15.0. The Labute approximate surface area is 157 Å². The molecule has 2 N–H and O–H groups in total. The van der Waals surface area contributed by atoms with E-state index in [-0.39, 0.29) is 5.06 Å². The minimum absolute atomic E-state index is 0.124. The number of amides is 2. The van der Waals surface area contributed by atoms with E-state index in [2.05, 4.69) is 5.32 Å². The van der Waals surface area contributed by atoms with Crippen molar-refractivity contribution in [2.45, 2.75) is 50.8 Å². The molecule has 0 spiro atoms. The molecular weight excluding hydrogens is 376 g/mol. The first-order valence-electron chi connectivity index (χ1n) is 8.52. The number of anilines is 1. The number of aryl methyl sites for hydroxylation is 1. The number of unbranched alkanes of at least 4 members (excludes halogenated alkanes) is 1. The Bertz CT molecular complexity index is 837. The smallest absolute Gasteiger partial charge is 0.355 e. The fourth-order valence-electron chi connectivity index (χ4n) is 2.64. The van der Waals surface area contributed by atoms with E-state index in [1.165, 1.54) is 0 Å². The molecule has 1 saturated heterocycles. The van der Waals surface area contributed by atoms with Crippen molar-refractivity contribution in [2.24, 2.45) is 0 Å². The molecule has 0 bridgehead atoms. The highest BCUT2D eigenvalue weighted by molar-refractivity contribution is 7.87. The quantitative estimate of drug-likeness (QED) is 0.497. The van der Waals surface area contributed by atoms with Crippen molar-refractivity contribution in [3.05, 3.63) is 29.8 Å². The summed E-state index contributed by atoms with van der Waals surface area (Å²) in [4.78, 5) is 41.3.